The van der Waals surface area contributed by atoms with Crippen molar-refractivity contribution in [1.29, 1.82) is 0 Å². The van der Waals surface area contributed by atoms with E-state index >= 15 is 0 Å². The second-order valence-electron chi connectivity index (χ2n) is 5.87. The maximum atomic E-state index is 13.1. The quantitative estimate of drug-likeness (QED) is 0.691. The number of anilines is 1. The average Bonchev–Trinajstić information content (AvgIpc) is 2.63. The molecule has 9 heteroatoms. The molecule has 2 aromatic rings. The molecule has 2 N–H and O–H groups in total. The standard InChI is InChI=1S/C18H20ClFN2O4S/c1-3-12(2)22-27(24,25)15-7-5-14(6-8-15)26-11-18(23)21-13-4-9-17(20)16(19)10-13/h4-10,12,22H,3,11H2,1-2H3,(H,21,23)/t12-/m0/s1. The molecule has 0 aliphatic heterocycles. The number of rotatable bonds is 8. The van der Waals surface area contributed by atoms with Crippen LogP contribution in [0.5, 0.6) is 5.75 Å². The van der Waals surface area contributed by atoms with E-state index in [1.54, 1.807) is 6.92 Å². The second-order valence-corrected chi connectivity index (χ2v) is 7.99. The Morgan fingerprint density at radius 3 is 2.48 bits per heavy atom. The van der Waals surface area contributed by atoms with Crippen molar-refractivity contribution in [2.75, 3.05) is 11.9 Å². The van der Waals surface area contributed by atoms with E-state index in [4.69, 9.17) is 16.3 Å². The molecule has 6 nitrogen and oxygen atoms in total. The lowest BCUT2D eigenvalue weighted by molar-refractivity contribution is -0.118. The van der Waals surface area contributed by atoms with Crippen LogP contribution in [0.2, 0.25) is 5.02 Å². The summed E-state index contributed by atoms with van der Waals surface area (Å²) >= 11 is 5.65. The molecule has 2 aromatic carbocycles. The third kappa shape index (κ3) is 6.20. The summed E-state index contributed by atoms with van der Waals surface area (Å²) in [6, 6.07) is 9.37. The fourth-order valence-corrected chi connectivity index (χ4v) is 3.56. The summed E-state index contributed by atoms with van der Waals surface area (Å²) in [5, 5.41) is 2.42. The number of hydrogen-bond acceptors (Lipinski definition) is 4. The first-order valence-corrected chi connectivity index (χ1v) is 10.1. The zero-order valence-electron chi connectivity index (χ0n) is 14.8. The minimum absolute atomic E-state index is 0.100. The molecule has 0 radical (unpaired) electrons. The van der Waals surface area contributed by atoms with Crippen molar-refractivity contribution < 1.29 is 22.3 Å². The highest BCUT2D eigenvalue weighted by Crippen LogP contribution is 2.20. The Morgan fingerprint density at radius 2 is 1.89 bits per heavy atom. The molecular weight excluding hydrogens is 395 g/mol. The van der Waals surface area contributed by atoms with Gasteiger partial charge in [0.15, 0.2) is 6.61 Å². The summed E-state index contributed by atoms with van der Waals surface area (Å²) in [4.78, 5) is 12.0. The summed E-state index contributed by atoms with van der Waals surface area (Å²) in [5.41, 5.74) is 0.340. The number of halogens is 2. The zero-order valence-corrected chi connectivity index (χ0v) is 16.4. The van der Waals surface area contributed by atoms with Crippen LogP contribution in [0.25, 0.3) is 0 Å². The number of hydrogen-bond donors (Lipinski definition) is 2. The number of carbonyl (C=O) groups is 1. The smallest absolute Gasteiger partial charge is 0.262 e. The van der Waals surface area contributed by atoms with Crippen molar-refractivity contribution in [3.05, 3.63) is 53.3 Å². The maximum absolute atomic E-state index is 13.1. The maximum Gasteiger partial charge on any atom is 0.262 e. The molecule has 0 aliphatic rings. The predicted octanol–water partition coefficient (Wildman–Crippen LogP) is 3.57. The number of carbonyl (C=O) groups excluding carboxylic acids is 1. The van der Waals surface area contributed by atoms with Crippen LogP contribution in [0.3, 0.4) is 0 Å². The monoisotopic (exact) mass is 414 g/mol. The molecule has 1 amide bonds. The summed E-state index contributed by atoms with van der Waals surface area (Å²) in [7, 11) is -3.60. The largest absolute Gasteiger partial charge is 0.484 e. The van der Waals surface area contributed by atoms with Gasteiger partial charge in [-0.15, -0.1) is 0 Å². The van der Waals surface area contributed by atoms with E-state index < -0.39 is 21.7 Å². The van der Waals surface area contributed by atoms with E-state index in [1.165, 1.54) is 36.4 Å². The number of amides is 1. The highest BCUT2D eigenvalue weighted by Gasteiger charge is 2.16. The first kappa shape index (κ1) is 21.1. The Labute approximate surface area is 162 Å². The Morgan fingerprint density at radius 1 is 1.22 bits per heavy atom. The Hall–Kier alpha value is -2.16. The van der Waals surface area contributed by atoms with E-state index in [0.717, 1.165) is 6.07 Å². The topological polar surface area (TPSA) is 84.5 Å². The van der Waals surface area contributed by atoms with Crippen LogP contribution >= 0.6 is 11.6 Å². The first-order chi connectivity index (χ1) is 12.7. The van der Waals surface area contributed by atoms with Crippen molar-refractivity contribution in [2.45, 2.75) is 31.2 Å². The minimum atomic E-state index is -3.60. The third-order valence-electron chi connectivity index (χ3n) is 3.68. The lowest BCUT2D eigenvalue weighted by Gasteiger charge is -2.12. The van der Waals surface area contributed by atoms with Crippen molar-refractivity contribution in [3.8, 4) is 5.75 Å². The molecule has 27 heavy (non-hydrogen) atoms. The van der Waals surface area contributed by atoms with E-state index in [1.807, 2.05) is 6.92 Å². The van der Waals surface area contributed by atoms with Crippen molar-refractivity contribution in [3.63, 3.8) is 0 Å². The van der Waals surface area contributed by atoms with Crippen LogP contribution in [0.15, 0.2) is 47.4 Å². The Bertz CT molecular complexity index is 904. The Kier molecular flexibility index (Phi) is 7.18. The molecule has 0 saturated carbocycles. The lowest BCUT2D eigenvalue weighted by Crippen LogP contribution is -2.31. The molecule has 0 fully saturated rings. The number of benzene rings is 2. The van der Waals surface area contributed by atoms with Gasteiger partial charge in [-0.1, -0.05) is 18.5 Å². The van der Waals surface area contributed by atoms with Gasteiger partial charge in [0.2, 0.25) is 10.0 Å². The van der Waals surface area contributed by atoms with Gasteiger partial charge in [0.05, 0.1) is 9.92 Å². The van der Waals surface area contributed by atoms with Gasteiger partial charge < -0.3 is 10.1 Å². The molecule has 0 aliphatic carbocycles. The van der Waals surface area contributed by atoms with Crippen LogP contribution in [0, 0.1) is 5.82 Å². The normalized spacial score (nSPS) is 12.4. The van der Waals surface area contributed by atoms with E-state index in [-0.39, 0.29) is 22.6 Å². The molecule has 0 aromatic heterocycles. The van der Waals surface area contributed by atoms with Gasteiger partial charge in [-0.05, 0) is 55.8 Å². The molecular formula is C18H20ClFN2O4S. The lowest BCUT2D eigenvalue weighted by atomic mass is 10.3. The summed E-state index contributed by atoms with van der Waals surface area (Å²) in [6.45, 7) is 3.36. The zero-order chi connectivity index (χ0) is 20.0. The SMILES string of the molecule is CC[C@H](C)NS(=O)(=O)c1ccc(OCC(=O)Nc2ccc(F)c(Cl)c2)cc1. The van der Waals surface area contributed by atoms with Crippen LogP contribution in [-0.2, 0) is 14.8 Å². The van der Waals surface area contributed by atoms with Gasteiger partial charge in [0, 0.05) is 11.7 Å². The van der Waals surface area contributed by atoms with Crippen LogP contribution in [-0.4, -0.2) is 27.0 Å². The van der Waals surface area contributed by atoms with E-state index in [2.05, 4.69) is 10.0 Å². The summed E-state index contributed by atoms with van der Waals surface area (Å²) in [5.74, 6) is -0.707. The highest BCUT2D eigenvalue weighted by atomic mass is 35.5. The molecule has 1 atom stereocenters. The summed E-state index contributed by atoms with van der Waals surface area (Å²) < 4.78 is 45.3. The van der Waals surface area contributed by atoms with Gasteiger partial charge in [-0.3, -0.25) is 4.79 Å². The van der Waals surface area contributed by atoms with E-state index in [0.29, 0.717) is 17.9 Å². The van der Waals surface area contributed by atoms with Gasteiger partial charge in [0.1, 0.15) is 11.6 Å². The van der Waals surface area contributed by atoms with E-state index in [9.17, 15) is 17.6 Å². The van der Waals surface area contributed by atoms with Gasteiger partial charge >= 0.3 is 0 Å². The molecule has 0 unspecified atom stereocenters. The molecule has 146 valence electrons. The number of nitrogens with one attached hydrogen (secondary N) is 2. The number of sulfonamides is 1. The van der Waals surface area contributed by atoms with Gasteiger partial charge in [0.25, 0.3) is 5.91 Å². The molecule has 0 spiro atoms. The molecule has 0 saturated heterocycles. The summed E-state index contributed by atoms with van der Waals surface area (Å²) in [6.07, 6.45) is 0.675. The van der Waals surface area contributed by atoms with Crippen molar-refractivity contribution >= 4 is 33.2 Å². The fourth-order valence-electron chi connectivity index (χ4n) is 2.05. The first-order valence-electron chi connectivity index (χ1n) is 8.21. The fraction of sp³-hybridized carbons (Fsp3) is 0.278. The van der Waals surface area contributed by atoms with Gasteiger partial charge in [-0.25, -0.2) is 17.5 Å². The third-order valence-corrected chi connectivity index (χ3v) is 5.57. The Balaban J connectivity index is 1.92. The predicted molar refractivity (Wildman–Crippen MR) is 102 cm³/mol. The second kappa shape index (κ2) is 9.16. The van der Waals surface area contributed by atoms with Gasteiger partial charge in [-0.2, -0.15) is 0 Å². The average molecular weight is 415 g/mol. The molecule has 0 bridgehead atoms. The number of ether oxygens (including phenoxy) is 1. The van der Waals surface area contributed by atoms with Crippen LogP contribution in [0.1, 0.15) is 20.3 Å². The van der Waals surface area contributed by atoms with Crippen LogP contribution < -0.4 is 14.8 Å². The highest BCUT2D eigenvalue weighted by molar-refractivity contribution is 7.89. The molecule has 2 rings (SSSR count). The minimum Gasteiger partial charge on any atom is -0.484 e. The van der Waals surface area contributed by atoms with Crippen molar-refractivity contribution in [1.82, 2.24) is 4.72 Å². The van der Waals surface area contributed by atoms with Crippen LogP contribution in [0.4, 0.5) is 10.1 Å². The molecule has 0 heterocycles. The van der Waals surface area contributed by atoms with Crippen molar-refractivity contribution in [2.24, 2.45) is 0 Å².